The Labute approximate surface area is 335 Å². The lowest BCUT2D eigenvalue weighted by atomic mass is 10.0. The van der Waals surface area contributed by atoms with Crippen LogP contribution < -0.4 is 0 Å². The number of phosphoric ester groups is 1. The molecule has 10 heteroatoms. The molecule has 326 valence electrons. The van der Waals surface area contributed by atoms with E-state index in [4.69, 9.17) is 18.5 Å². The van der Waals surface area contributed by atoms with E-state index in [-0.39, 0.29) is 19.8 Å². The minimum absolute atomic E-state index is 0.0608. The van der Waals surface area contributed by atoms with E-state index in [1.54, 1.807) is 0 Å². The average molecular weight is 795 g/mol. The normalized spacial score (nSPS) is 15.0. The summed E-state index contributed by atoms with van der Waals surface area (Å²) in [6.45, 7) is 4.79. The van der Waals surface area contributed by atoms with Crippen LogP contribution in [0.1, 0.15) is 219 Å². The number of nitrogens with zero attached hydrogens (tertiary/aromatic N) is 1. The van der Waals surface area contributed by atoms with Crippen molar-refractivity contribution in [1.29, 1.82) is 0 Å². The molecule has 0 rings (SSSR count). The van der Waals surface area contributed by atoms with E-state index in [1.165, 1.54) is 154 Å². The Bertz CT molecular complexity index is 814. The number of aliphatic hydroxyl groups is 2. The van der Waals surface area contributed by atoms with Crippen molar-refractivity contribution in [3.8, 4) is 0 Å². The van der Waals surface area contributed by atoms with Crippen molar-refractivity contribution in [3.05, 3.63) is 0 Å². The number of phosphoric acid groups is 1. The first-order valence-electron chi connectivity index (χ1n) is 23.0. The van der Waals surface area contributed by atoms with Crippen LogP contribution in [0.4, 0.5) is 0 Å². The lowest BCUT2D eigenvalue weighted by Gasteiger charge is -2.25. The van der Waals surface area contributed by atoms with Gasteiger partial charge in [0.2, 0.25) is 0 Å². The summed E-state index contributed by atoms with van der Waals surface area (Å²) in [5.74, 6) is 0. The highest BCUT2D eigenvalue weighted by atomic mass is 31.2. The average Bonchev–Trinajstić information content (AvgIpc) is 3.12. The molecule has 0 aromatic heterocycles. The Morgan fingerprint density at radius 1 is 0.481 bits per heavy atom. The van der Waals surface area contributed by atoms with Gasteiger partial charge in [0.05, 0.1) is 34.4 Å². The molecule has 0 aliphatic rings. The monoisotopic (exact) mass is 795 g/mol. The molecule has 0 radical (unpaired) electrons. The second-order valence-electron chi connectivity index (χ2n) is 17.1. The highest BCUT2D eigenvalue weighted by Crippen LogP contribution is 2.43. The van der Waals surface area contributed by atoms with Gasteiger partial charge in [-0.25, -0.2) is 4.57 Å². The van der Waals surface area contributed by atoms with Crippen LogP contribution in [0, 0.1) is 0 Å². The fourth-order valence-electron chi connectivity index (χ4n) is 6.74. The van der Waals surface area contributed by atoms with Crippen molar-refractivity contribution in [2.75, 3.05) is 47.5 Å². The molecule has 0 aliphatic carbocycles. The fourth-order valence-corrected chi connectivity index (χ4v) is 7.49. The van der Waals surface area contributed by atoms with Gasteiger partial charge < -0.3 is 29.1 Å². The molecule has 0 saturated carbocycles. The maximum atomic E-state index is 12.5. The molecule has 0 bridgehead atoms. The number of aliphatic hydroxyl groups excluding tert-OH is 2. The Morgan fingerprint density at radius 3 is 1.17 bits per heavy atom. The molecule has 54 heavy (non-hydrogen) atoms. The van der Waals surface area contributed by atoms with Crippen LogP contribution in [0.2, 0.25) is 0 Å². The van der Waals surface area contributed by atoms with Crippen LogP contribution in [0.25, 0.3) is 0 Å². The minimum Gasteiger partial charge on any atom is -0.368 e. The topological polar surface area (TPSA) is 115 Å². The summed E-state index contributed by atoms with van der Waals surface area (Å²) in [7, 11) is 1.60. The second-order valence-corrected chi connectivity index (χ2v) is 18.5. The zero-order valence-corrected chi connectivity index (χ0v) is 37.4. The zero-order valence-electron chi connectivity index (χ0n) is 36.5. The summed E-state index contributed by atoms with van der Waals surface area (Å²) in [5, 5.41) is 21.1. The molecule has 0 aliphatic heterocycles. The minimum atomic E-state index is -4.31. The summed E-state index contributed by atoms with van der Waals surface area (Å²) >= 11 is 0. The highest BCUT2D eigenvalue weighted by Gasteiger charge is 2.26. The Hall–Kier alpha value is -0.0900. The lowest BCUT2D eigenvalue weighted by molar-refractivity contribution is -0.870. The van der Waals surface area contributed by atoms with E-state index in [2.05, 4.69) is 13.8 Å². The van der Waals surface area contributed by atoms with Gasteiger partial charge in [0.1, 0.15) is 19.3 Å². The number of likely N-dealkylation sites (N-methyl/N-ethyl adjacent to an activating group) is 1. The second kappa shape index (κ2) is 38.4. The van der Waals surface area contributed by atoms with Crippen LogP contribution >= 0.6 is 7.82 Å². The number of quaternary nitrogens is 1. The molecule has 9 nitrogen and oxygen atoms in total. The van der Waals surface area contributed by atoms with Gasteiger partial charge in [-0.2, -0.15) is 0 Å². The smallest absolute Gasteiger partial charge is 0.368 e. The van der Waals surface area contributed by atoms with Gasteiger partial charge in [-0.05, 0) is 25.7 Å². The van der Waals surface area contributed by atoms with Crippen LogP contribution in [-0.2, 0) is 23.1 Å². The van der Waals surface area contributed by atoms with Crippen LogP contribution in [0.15, 0.2) is 0 Å². The number of rotatable bonds is 44. The number of hydrogen-bond acceptors (Lipinski definition) is 7. The Morgan fingerprint density at radius 2 is 0.815 bits per heavy atom. The predicted molar refractivity (Wildman–Crippen MR) is 227 cm³/mol. The van der Waals surface area contributed by atoms with E-state index in [0.29, 0.717) is 23.9 Å². The molecule has 0 aromatic rings. The Balaban J connectivity index is 4.28. The molecule has 3 unspecified atom stereocenters. The largest absolute Gasteiger partial charge is 0.472 e. The van der Waals surface area contributed by atoms with Crippen LogP contribution in [0.5, 0.6) is 0 Å². The molecule has 3 N–H and O–H groups in total. The molecule has 0 aromatic carbocycles. The molecule has 0 saturated heterocycles. The van der Waals surface area contributed by atoms with Crippen LogP contribution in [0.3, 0.4) is 0 Å². The molecular weight excluding hydrogens is 701 g/mol. The summed E-state index contributed by atoms with van der Waals surface area (Å²) in [4.78, 5) is 10.2. The number of ether oxygens (including phenoxy) is 2. The predicted octanol–water partition coefficient (Wildman–Crippen LogP) is 12.4. The van der Waals surface area contributed by atoms with E-state index < -0.39 is 26.5 Å². The van der Waals surface area contributed by atoms with Crippen molar-refractivity contribution >= 4 is 7.82 Å². The quantitative estimate of drug-likeness (QED) is 0.0242. The van der Waals surface area contributed by atoms with Crippen molar-refractivity contribution in [1.82, 2.24) is 0 Å². The van der Waals surface area contributed by atoms with E-state index >= 15 is 0 Å². The van der Waals surface area contributed by atoms with Gasteiger partial charge in [-0.15, -0.1) is 0 Å². The SMILES string of the molecule is CCCCCCCCCCCCCCCCCC(O)OC[C@H](COP(=O)(O)OCC[N+](C)(C)C)OC(O)CCCCCCCCCCCCCCCCC. The van der Waals surface area contributed by atoms with E-state index in [1.807, 2.05) is 21.1 Å². The molecule has 0 fully saturated rings. The summed E-state index contributed by atoms with van der Waals surface area (Å²) < 4.78 is 35.0. The summed E-state index contributed by atoms with van der Waals surface area (Å²) in [6.07, 6.45) is 36.6. The first-order valence-corrected chi connectivity index (χ1v) is 24.5. The Kier molecular flexibility index (Phi) is 38.4. The standard InChI is InChI=1S/C44H92NO8P/c1-6-8-10-12-14-16-18-20-22-24-26-28-30-32-34-36-43(46)50-40-42(41-52-54(48,49)51-39-38-45(3,4)5)53-44(47)37-35-33-31-29-27-25-23-21-19-17-15-13-11-9-7-2/h42-44,46-47H,6-41H2,1-5H3/p+1/t42-,43?,44?/m1/s1. The molecule has 0 heterocycles. The maximum Gasteiger partial charge on any atom is 0.472 e. The third kappa shape index (κ3) is 41.5. The van der Waals surface area contributed by atoms with Gasteiger partial charge in [0, 0.05) is 0 Å². The number of unbranched alkanes of at least 4 members (excludes halogenated alkanes) is 28. The summed E-state index contributed by atoms with van der Waals surface area (Å²) in [6, 6.07) is 0. The zero-order chi connectivity index (χ0) is 40.0. The first-order chi connectivity index (χ1) is 26.0. The third-order valence-corrected chi connectivity index (χ3v) is 11.4. The van der Waals surface area contributed by atoms with Gasteiger partial charge in [-0.1, -0.05) is 194 Å². The van der Waals surface area contributed by atoms with Gasteiger partial charge in [0.15, 0.2) is 12.6 Å². The van der Waals surface area contributed by atoms with Gasteiger partial charge in [0.25, 0.3) is 0 Å². The van der Waals surface area contributed by atoms with E-state index in [9.17, 15) is 19.7 Å². The molecule has 0 spiro atoms. The molecule has 0 amide bonds. The molecule has 4 atom stereocenters. The van der Waals surface area contributed by atoms with Gasteiger partial charge in [-0.3, -0.25) is 9.05 Å². The van der Waals surface area contributed by atoms with Gasteiger partial charge >= 0.3 is 7.82 Å². The lowest BCUT2D eigenvalue weighted by Crippen LogP contribution is -2.37. The summed E-state index contributed by atoms with van der Waals surface area (Å²) in [5.41, 5.74) is 0. The third-order valence-electron chi connectivity index (χ3n) is 10.4. The maximum absolute atomic E-state index is 12.5. The van der Waals surface area contributed by atoms with Crippen molar-refractivity contribution in [2.24, 2.45) is 0 Å². The molecular formula is C44H93NO8P+. The number of hydrogen-bond donors (Lipinski definition) is 3. The van der Waals surface area contributed by atoms with Crippen molar-refractivity contribution in [3.63, 3.8) is 0 Å². The van der Waals surface area contributed by atoms with E-state index in [0.717, 1.165) is 38.5 Å². The highest BCUT2D eigenvalue weighted by molar-refractivity contribution is 7.47. The fraction of sp³-hybridized carbons (Fsp3) is 1.00. The van der Waals surface area contributed by atoms with Crippen molar-refractivity contribution in [2.45, 2.75) is 238 Å². The van der Waals surface area contributed by atoms with Crippen LogP contribution in [-0.4, -0.2) is 85.8 Å². The first kappa shape index (κ1) is 53.9. The van der Waals surface area contributed by atoms with Crippen molar-refractivity contribution < 1.29 is 42.7 Å².